The Morgan fingerprint density at radius 1 is 1.38 bits per heavy atom. The van der Waals surface area contributed by atoms with Crippen molar-refractivity contribution in [2.45, 2.75) is 25.7 Å². The van der Waals surface area contributed by atoms with Crippen molar-refractivity contribution in [2.24, 2.45) is 17.8 Å². The third-order valence-corrected chi connectivity index (χ3v) is 5.16. The Hall–Kier alpha value is -0.0900. The zero-order chi connectivity index (χ0) is 9.47. The zero-order valence-corrected chi connectivity index (χ0v) is 8.81. The molecular weight excluding hydrogens is 186 g/mol. The number of nitrogens with one attached hydrogen (secondary N) is 1. The maximum absolute atomic E-state index is 11.3. The van der Waals surface area contributed by atoms with E-state index in [0.717, 1.165) is 18.3 Å². The van der Waals surface area contributed by atoms with E-state index in [1.165, 1.54) is 26.3 Å². The summed E-state index contributed by atoms with van der Waals surface area (Å²) in [6.07, 6.45) is 5.05. The molecule has 3 atom stereocenters. The van der Waals surface area contributed by atoms with Crippen LogP contribution < -0.4 is 4.72 Å². The molecule has 0 aliphatic heterocycles. The van der Waals surface area contributed by atoms with Gasteiger partial charge in [-0.25, -0.2) is 13.1 Å². The normalized spacial score (nSPS) is 38.4. The van der Waals surface area contributed by atoms with Gasteiger partial charge in [0.05, 0.1) is 5.75 Å². The Kier molecular flexibility index (Phi) is 2.36. The van der Waals surface area contributed by atoms with Crippen LogP contribution in [0.1, 0.15) is 25.7 Å². The van der Waals surface area contributed by atoms with Gasteiger partial charge in [-0.2, -0.15) is 0 Å². The van der Waals surface area contributed by atoms with Crippen LogP contribution in [0.15, 0.2) is 0 Å². The molecule has 0 amide bonds. The minimum atomic E-state index is -2.97. The van der Waals surface area contributed by atoms with E-state index in [1.807, 2.05) is 0 Å². The second kappa shape index (κ2) is 3.24. The van der Waals surface area contributed by atoms with Gasteiger partial charge < -0.3 is 0 Å². The van der Waals surface area contributed by atoms with Crippen molar-refractivity contribution in [3.63, 3.8) is 0 Å². The lowest BCUT2D eigenvalue weighted by atomic mass is 9.68. The van der Waals surface area contributed by atoms with E-state index >= 15 is 0 Å². The first-order valence-corrected chi connectivity index (χ1v) is 6.69. The Labute approximate surface area is 80.0 Å². The monoisotopic (exact) mass is 203 g/mol. The van der Waals surface area contributed by atoms with Crippen LogP contribution in [0.4, 0.5) is 0 Å². The lowest BCUT2D eigenvalue weighted by Gasteiger charge is -2.40. The van der Waals surface area contributed by atoms with Gasteiger partial charge in [-0.3, -0.25) is 0 Å². The third kappa shape index (κ3) is 1.74. The van der Waals surface area contributed by atoms with Gasteiger partial charge in [-0.15, -0.1) is 0 Å². The summed E-state index contributed by atoms with van der Waals surface area (Å²) in [7, 11) is -1.47. The van der Waals surface area contributed by atoms with Crippen molar-refractivity contribution < 1.29 is 8.42 Å². The van der Waals surface area contributed by atoms with E-state index in [2.05, 4.69) is 4.72 Å². The molecule has 0 aromatic rings. The van der Waals surface area contributed by atoms with Gasteiger partial charge in [-0.05, 0) is 37.6 Å². The number of sulfonamides is 1. The molecular formula is C9H17NO2S. The molecule has 2 aliphatic carbocycles. The molecule has 1 N–H and O–H groups in total. The summed E-state index contributed by atoms with van der Waals surface area (Å²) in [6, 6.07) is 0. The van der Waals surface area contributed by atoms with Crippen molar-refractivity contribution in [1.29, 1.82) is 0 Å². The van der Waals surface area contributed by atoms with E-state index in [-0.39, 0.29) is 0 Å². The average Bonchev–Trinajstić information content (AvgIpc) is 2.43. The highest BCUT2D eigenvalue weighted by Gasteiger charge is 2.44. The summed E-state index contributed by atoms with van der Waals surface area (Å²) in [6.45, 7) is 0. The van der Waals surface area contributed by atoms with Crippen molar-refractivity contribution in [1.82, 2.24) is 4.72 Å². The Morgan fingerprint density at radius 2 is 2.15 bits per heavy atom. The smallest absolute Gasteiger partial charge is 0.211 e. The maximum atomic E-state index is 11.3. The number of rotatable bonds is 3. The molecule has 0 saturated heterocycles. The van der Waals surface area contributed by atoms with Gasteiger partial charge in [-0.1, -0.05) is 12.8 Å². The van der Waals surface area contributed by atoms with Crippen molar-refractivity contribution in [3.05, 3.63) is 0 Å². The predicted octanol–water partition coefficient (Wildman–Crippen LogP) is 0.972. The first-order chi connectivity index (χ1) is 6.12. The summed E-state index contributed by atoms with van der Waals surface area (Å²) in [5, 5.41) is 0. The molecule has 0 aromatic carbocycles. The first-order valence-electron chi connectivity index (χ1n) is 5.03. The van der Waals surface area contributed by atoms with Gasteiger partial charge in [0.1, 0.15) is 0 Å². The molecule has 13 heavy (non-hydrogen) atoms. The highest BCUT2D eigenvalue weighted by molar-refractivity contribution is 7.89. The predicted molar refractivity (Wildman–Crippen MR) is 51.8 cm³/mol. The molecule has 2 saturated carbocycles. The topological polar surface area (TPSA) is 46.2 Å². The first kappa shape index (κ1) is 9.46. The summed E-state index contributed by atoms with van der Waals surface area (Å²) in [4.78, 5) is 0. The largest absolute Gasteiger partial charge is 0.218 e. The van der Waals surface area contributed by atoms with Crippen LogP contribution in [0.25, 0.3) is 0 Å². The quantitative estimate of drug-likeness (QED) is 0.743. The maximum Gasteiger partial charge on any atom is 0.211 e. The highest BCUT2D eigenvalue weighted by atomic mass is 32.2. The fourth-order valence-electron chi connectivity index (χ4n) is 2.90. The molecule has 0 aromatic heterocycles. The molecule has 0 heterocycles. The van der Waals surface area contributed by atoms with Gasteiger partial charge in [0.15, 0.2) is 0 Å². The minimum absolute atomic E-state index is 0.352. The summed E-state index contributed by atoms with van der Waals surface area (Å²) in [5.41, 5.74) is 0. The molecule has 2 rings (SSSR count). The standard InChI is InChI=1S/C9H17NO2S/c1-10-13(11,12)6-8-5-7-3-2-4-9(7)8/h7-10H,2-6H2,1H3. The number of hydrogen-bond donors (Lipinski definition) is 1. The summed E-state index contributed by atoms with van der Waals surface area (Å²) >= 11 is 0. The van der Waals surface area contributed by atoms with Crippen LogP contribution in [0, 0.1) is 17.8 Å². The molecule has 0 radical (unpaired) electrons. The summed E-state index contributed by atoms with van der Waals surface area (Å²) in [5.74, 6) is 2.38. The molecule has 4 heteroatoms. The lowest BCUT2D eigenvalue weighted by molar-refractivity contribution is 0.122. The third-order valence-electron chi connectivity index (χ3n) is 3.67. The molecule has 2 fully saturated rings. The van der Waals surface area contributed by atoms with Crippen LogP contribution in [0.3, 0.4) is 0 Å². The Bertz CT molecular complexity index is 286. The molecule has 0 spiro atoms. The van der Waals surface area contributed by atoms with Gasteiger partial charge >= 0.3 is 0 Å². The second-order valence-corrected chi connectivity index (χ2v) is 6.31. The van der Waals surface area contributed by atoms with Crippen LogP contribution in [0.5, 0.6) is 0 Å². The average molecular weight is 203 g/mol. The van der Waals surface area contributed by atoms with Gasteiger partial charge in [0, 0.05) is 0 Å². The molecule has 2 aliphatic rings. The van der Waals surface area contributed by atoms with E-state index in [4.69, 9.17) is 0 Å². The number of fused-ring (bicyclic) bond motifs is 1. The molecule has 3 unspecified atom stereocenters. The highest BCUT2D eigenvalue weighted by Crippen LogP contribution is 2.51. The van der Waals surface area contributed by atoms with E-state index in [0.29, 0.717) is 11.7 Å². The number of hydrogen-bond acceptors (Lipinski definition) is 2. The van der Waals surface area contributed by atoms with E-state index < -0.39 is 10.0 Å². The minimum Gasteiger partial charge on any atom is -0.218 e. The fraction of sp³-hybridized carbons (Fsp3) is 1.00. The molecule has 0 bridgehead atoms. The summed E-state index contributed by atoms with van der Waals surface area (Å²) < 4.78 is 25.0. The molecule has 3 nitrogen and oxygen atoms in total. The van der Waals surface area contributed by atoms with Crippen molar-refractivity contribution in [2.75, 3.05) is 12.8 Å². The second-order valence-electron chi connectivity index (χ2n) is 4.34. The van der Waals surface area contributed by atoms with Crippen molar-refractivity contribution >= 4 is 10.0 Å². The Balaban J connectivity index is 1.91. The van der Waals surface area contributed by atoms with Crippen LogP contribution in [-0.2, 0) is 10.0 Å². The molecule has 76 valence electrons. The lowest BCUT2D eigenvalue weighted by Crippen LogP contribution is -2.39. The fourth-order valence-corrected chi connectivity index (χ4v) is 4.02. The van der Waals surface area contributed by atoms with Crippen molar-refractivity contribution in [3.8, 4) is 0 Å². The van der Waals surface area contributed by atoms with Gasteiger partial charge in [0.25, 0.3) is 0 Å². The van der Waals surface area contributed by atoms with Crippen LogP contribution >= 0.6 is 0 Å². The van der Waals surface area contributed by atoms with Gasteiger partial charge in [0.2, 0.25) is 10.0 Å². The Morgan fingerprint density at radius 3 is 2.77 bits per heavy atom. The van der Waals surface area contributed by atoms with Crippen LogP contribution in [0.2, 0.25) is 0 Å². The zero-order valence-electron chi connectivity index (χ0n) is 7.99. The van der Waals surface area contributed by atoms with E-state index in [9.17, 15) is 8.42 Å². The van der Waals surface area contributed by atoms with Crippen LogP contribution in [-0.4, -0.2) is 21.2 Å². The van der Waals surface area contributed by atoms with E-state index in [1.54, 1.807) is 0 Å². The SMILES string of the molecule is CNS(=O)(=O)CC1CC2CCCC21.